The minimum absolute atomic E-state index is 0.303. The normalized spacial score (nSPS) is 14.1. The van der Waals surface area contributed by atoms with E-state index in [1.807, 2.05) is 24.3 Å². The Bertz CT molecular complexity index is 3530. The van der Waals surface area contributed by atoms with Gasteiger partial charge in [-0.25, -0.2) is 9.98 Å². The number of hydrogen-bond acceptors (Lipinski definition) is 4. The molecule has 0 radical (unpaired) electrons. The van der Waals surface area contributed by atoms with Crippen molar-refractivity contribution < 1.29 is 4.42 Å². The molecule has 0 amide bonds. The maximum absolute atomic E-state index is 6.55. The van der Waals surface area contributed by atoms with Gasteiger partial charge < -0.3 is 9.73 Å². The van der Waals surface area contributed by atoms with Gasteiger partial charge in [0.15, 0.2) is 5.84 Å². The molecule has 1 aromatic heterocycles. The molecule has 0 spiro atoms. The largest absolute Gasteiger partial charge is 0.456 e. The van der Waals surface area contributed by atoms with Crippen LogP contribution < -0.4 is 5.32 Å². The van der Waals surface area contributed by atoms with E-state index in [1.54, 1.807) is 0 Å². The van der Waals surface area contributed by atoms with Crippen molar-refractivity contribution in [3.63, 3.8) is 0 Å². The Balaban J connectivity index is 0.900. The minimum atomic E-state index is -0.303. The number of hydrogen-bond donors (Lipinski definition) is 1. The third kappa shape index (κ3) is 6.16. The molecule has 1 atom stereocenters. The highest BCUT2D eigenvalue weighted by atomic mass is 16.3. The Kier molecular flexibility index (Phi) is 8.20. The number of nitrogens with zero attached hydrogens (tertiary/aromatic N) is 2. The molecule has 1 N–H and O–H groups in total. The summed E-state index contributed by atoms with van der Waals surface area (Å²) in [4.78, 5) is 10.3. The van der Waals surface area contributed by atoms with Crippen LogP contribution in [0.25, 0.3) is 87.6 Å². The fraction of sp³-hybridized carbons (Fsp3) is 0.0175. The predicted molar refractivity (Wildman–Crippen MR) is 254 cm³/mol. The fourth-order valence-electron chi connectivity index (χ4n) is 9.07. The van der Waals surface area contributed by atoms with Gasteiger partial charge in [0, 0.05) is 21.9 Å². The number of rotatable bonds is 6. The maximum Gasteiger partial charge on any atom is 0.159 e. The molecule has 0 bridgehead atoms. The SMILES string of the molecule is c1ccc(-c2cccc(C3=NC(c4ccccc4)NC(c4ccc5c(c4)oc4ccc(-c6cccc(-c7ccc8c9ccccc9c9ccccc9c8c7)c6)cc45)=N3)c2)cc1. The first-order chi connectivity index (χ1) is 30.2. The minimum Gasteiger partial charge on any atom is -0.456 e. The highest BCUT2D eigenvalue weighted by Gasteiger charge is 2.22. The highest BCUT2D eigenvalue weighted by Crippen LogP contribution is 2.39. The summed E-state index contributed by atoms with van der Waals surface area (Å²) in [6.45, 7) is 0. The van der Waals surface area contributed by atoms with E-state index < -0.39 is 0 Å². The number of amidine groups is 2. The van der Waals surface area contributed by atoms with Crippen LogP contribution in [0.15, 0.2) is 227 Å². The van der Waals surface area contributed by atoms with Crippen molar-refractivity contribution in [2.24, 2.45) is 9.98 Å². The zero-order valence-electron chi connectivity index (χ0n) is 33.1. The molecule has 1 aliphatic rings. The van der Waals surface area contributed by atoms with Crippen molar-refractivity contribution in [3.8, 4) is 33.4 Å². The van der Waals surface area contributed by atoms with Gasteiger partial charge in [-0.2, -0.15) is 0 Å². The fourth-order valence-corrected chi connectivity index (χ4v) is 9.07. The maximum atomic E-state index is 6.55. The molecule has 0 fully saturated rings. The first-order valence-electron chi connectivity index (χ1n) is 20.7. The van der Waals surface area contributed by atoms with Gasteiger partial charge in [0.1, 0.15) is 23.2 Å². The van der Waals surface area contributed by atoms with Crippen LogP contribution in [0.1, 0.15) is 22.9 Å². The molecule has 1 unspecified atom stereocenters. The average Bonchev–Trinajstić information content (AvgIpc) is 3.72. The van der Waals surface area contributed by atoms with Gasteiger partial charge in [0.2, 0.25) is 0 Å². The molecule has 0 saturated heterocycles. The molecule has 11 aromatic rings. The monoisotopic (exact) mass is 779 g/mol. The molecule has 12 rings (SSSR count). The summed E-state index contributed by atoms with van der Waals surface area (Å²) in [6.07, 6.45) is -0.303. The average molecular weight is 780 g/mol. The van der Waals surface area contributed by atoms with E-state index in [2.05, 4.69) is 193 Å². The summed E-state index contributed by atoms with van der Waals surface area (Å²) < 4.78 is 6.55. The molecule has 0 aliphatic carbocycles. The summed E-state index contributed by atoms with van der Waals surface area (Å²) in [5, 5.41) is 13.5. The van der Waals surface area contributed by atoms with Crippen LogP contribution in [0.3, 0.4) is 0 Å². The van der Waals surface area contributed by atoms with Gasteiger partial charge in [-0.3, -0.25) is 0 Å². The lowest BCUT2D eigenvalue weighted by Gasteiger charge is -2.23. The topological polar surface area (TPSA) is 49.9 Å². The van der Waals surface area contributed by atoms with Crippen molar-refractivity contribution >= 4 is 65.9 Å². The summed E-state index contributed by atoms with van der Waals surface area (Å²) in [5.74, 6) is 1.43. The van der Waals surface area contributed by atoms with Gasteiger partial charge in [-0.15, -0.1) is 0 Å². The van der Waals surface area contributed by atoms with E-state index in [-0.39, 0.29) is 6.17 Å². The number of aliphatic imine (C=N–C) groups is 2. The lowest BCUT2D eigenvalue weighted by Crippen LogP contribution is -2.33. The molecule has 61 heavy (non-hydrogen) atoms. The Morgan fingerprint density at radius 2 is 0.820 bits per heavy atom. The zero-order chi connectivity index (χ0) is 40.3. The van der Waals surface area contributed by atoms with E-state index in [1.165, 1.54) is 43.4 Å². The van der Waals surface area contributed by atoms with E-state index in [0.29, 0.717) is 5.84 Å². The number of benzene rings is 10. The molecular weight excluding hydrogens is 743 g/mol. The Hall–Kier alpha value is -8.08. The number of fused-ring (bicyclic) bond motifs is 9. The van der Waals surface area contributed by atoms with Crippen molar-refractivity contribution in [2.75, 3.05) is 0 Å². The molecule has 4 nitrogen and oxygen atoms in total. The second-order valence-electron chi connectivity index (χ2n) is 15.8. The van der Waals surface area contributed by atoms with Crippen molar-refractivity contribution in [1.82, 2.24) is 5.32 Å². The number of furan rings is 1. The third-order valence-electron chi connectivity index (χ3n) is 12.1. The van der Waals surface area contributed by atoms with E-state index in [9.17, 15) is 0 Å². The summed E-state index contributed by atoms with van der Waals surface area (Å²) in [7, 11) is 0. The van der Waals surface area contributed by atoms with E-state index in [0.717, 1.165) is 66.7 Å². The Labute approximate surface area is 352 Å². The van der Waals surface area contributed by atoms with Crippen molar-refractivity contribution in [1.29, 1.82) is 0 Å². The molecule has 0 saturated carbocycles. The second kappa shape index (κ2) is 14.3. The van der Waals surface area contributed by atoms with E-state index in [4.69, 9.17) is 14.4 Å². The van der Waals surface area contributed by atoms with Crippen LogP contribution >= 0.6 is 0 Å². The lowest BCUT2D eigenvalue weighted by molar-refractivity contribution is 0.666. The van der Waals surface area contributed by atoms with Crippen LogP contribution in [0, 0.1) is 0 Å². The first kappa shape index (κ1) is 34.9. The third-order valence-corrected chi connectivity index (χ3v) is 12.1. The summed E-state index contributed by atoms with van der Waals surface area (Å²) in [5.41, 5.74) is 11.6. The van der Waals surface area contributed by atoms with Gasteiger partial charge >= 0.3 is 0 Å². The van der Waals surface area contributed by atoms with Crippen LogP contribution in [0.4, 0.5) is 0 Å². The van der Waals surface area contributed by atoms with Gasteiger partial charge in [-0.1, -0.05) is 170 Å². The Morgan fingerprint density at radius 1 is 0.328 bits per heavy atom. The van der Waals surface area contributed by atoms with Crippen molar-refractivity contribution in [3.05, 3.63) is 229 Å². The second-order valence-corrected chi connectivity index (χ2v) is 15.8. The van der Waals surface area contributed by atoms with Crippen LogP contribution in [-0.2, 0) is 0 Å². The lowest BCUT2D eigenvalue weighted by atomic mass is 9.91. The zero-order valence-corrected chi connectivity index (χ0v) is 33.1. The van der Waals surface area contributed by atoms with Gasteiger partial charge in [0.05, 0.1) is 0 Å². The number of nitrogens with one attached hydrogen (secondary N) is 1. The molecule has 10 aromatic carbocycles. The van der Waals surface area contributed by atoms with Crippen LogP contribution in [0.5, 0.6) is 0 Å². The summed E-state index contributed by atoms with van der Waals surface area (Å²) >= 11 is 0. The highest BCUT2D eigenvalue weighted by molar-refractivity contribution is 6.25. The standard InChI is InChI=1S/C57H37N3O/c1-3-13-36(14-4-1)38-17-12-20-43(32-38)56-58-55(37-15-5-2-6-16-37)59-57(60-56)44-26-29-50-52-34-42(27-30-53(52)61-54(50)35-44)40-19-11-18-39(31-40)41-25-28-49-47-23-8-7-21-45(47)46-22-9-10-24-48(46)51(49)33-41/h1-35,55H,(H,58,59,60). The summed E-state index contributed by atoms with van der Waals surface area (Å²) in [6, 6.07) is 75.4. The Morgan fingerprint density at radius 3 is 1.52 bits per heavy atom. The molecule has 4 heteroatoms. The molecule has 2 heterocycles. The smallest absolute Gasteiger partial charge is 0.159 e. The predicted octanol–water partition coefficient (Wildman–Crippen LogP) is 14.5. The first-order valence-corrected chi connectivity index (χ1v) is 20.7. The van der Waals surface area contributed by atoms with E-state index >= 15 is 0 Å². The van der Waals surface area contributed by atoms with Gasteiger partial charge in [-0.05, 0) is 114 Å². The molecule has 286 valence electrons. The molecular formula is C57H37N3O. The van der Waals surface area contributed by atoms with Crippen LogP contribution in [-0.4, -0.2) is 11.7 Å². The quantitative estimate of drug-likeness (QED) is 0.171. The van der Waals surface area contributed by atoms with Crippen LogP contribution in [0.2, 0.25) is 0 Å². The van der Waals surface area contributed by atoms with Crippen molar-refractivity contribution in [2.45, 2.75) is 6.17 Å². The van der Waals surface area contributed by atoms with Gasteiger partial charge in [0.25, 0.3) is 0 Å². The molecule has 1 aliphatic heterocycles.